The summed E-state index contributed by atoms with van der Waals surface area (Å²) >= 11 is 0. The van der Waals surface area contributed by atoms with Crippen LogP contribution in [0.5, 0.6) is 0 Å². The molecule has 0 aromatic carbocycles. The summed E-state index contributed by atoms with van der Waals surface area (Å²) in [6.07, 6.45) is 2.14. The zero-order chi connectivity index (χ0) is 19.4. The van der Waals surface area contributed by atoms with Crippen molar-refractivity contribution in [3.63, 3.8) is 0 Å². The fourth-order valence-corrected chi connectivity index (χ4v) is 4.65. The second-order valence-corrected chi connectivity index (χ2v) is 9.32. The van der Waals surface area contributed by atoms with E-state index in [2.05, 4.69) is 5.32 Å². The zero-order valence-corrected chi connectivity index (χ0v) is 17.2. The van der Waals surface area contributed by atoms with Crippen LogP contribution in [0, 0.1) is 0 Å². The third-order valence-corrected chi connectivity index (χ3v) is 6.91. The lowest BCUT2D eigenvalue weighted by Crippen LogP contribution is -2.47. The monoisotopic (exact) mass is 398 g/mol. The van der Waals surface area contributed by atoms with Crippen LogP contribution in [-0.2, 0) is 21.5 Å². The zero-order valence-electron chi connectivity index (χ0n) is 16.4. The molecular weight excluding hydrogens is 368 g/mol. The molecule has 152 valence electrons. The summed E-state index contributed by atoms with van der Waals surface area (Å²) < 4.78 is 33.7. The van der Waals surface area contributed by atoms with Crippen molar-refractivity contribution < 1.29 is 13.2 Å². The number of hydrogen-bond acceptors (Lipinski definition) is 7. The molecule has 1 unspecified atom stereocenters. The predicted molar refractivity (Wildman–Crippen MR) is 104 cm³/mol. The van der Waals surface area contributed by atoms with Gasteiger partial charge in [0.05, 0.1) is 25.5 Å². The Balaban J connectivity index is 1.81. The highest BCUT2D eigenvalue weighted by Crippen LogP contribution is 2.23. The molecule has 2 aliphatic rings. The van der Waals surface area contributed by atoms with Crippen LogP contribution in [0.15, 0.2) is 6.07 Å². The van der Waals surface area contributed by atoms with Gasteiger partial charge in [0.25, 0.3) is 10.2 Å². The van der Waals surface area contributed by atoms with Gasteiger partial charge in [0, 0.05) is 52.8 Å². The van der Waals surface area contributed by atoms with Crippen molar-refractivity contribution in [2.75, 3.05) is 65.4 Å². The number of morpholine rings is 1. The van der Waals surface area contributed by atoms with Gasteiger partial charge in [-0.05, 0) is 19.4 Å². The molecule has 10 heteroatoms. The smallest absolute Gasteiger partial charge is 0.282 e. The Morgan fingerprint density at radius 3 is 2.63 bits per heavy atom. The maximum Gasteiger partial charge on any atom is 0.282 e. The molecule has 1 aromatic heterocycles. The van der Waals surface area contributed by atoms with Crippen molar-refractivity contribution in [1.29, 1.82) is 0 Å². The van der Waals surface area contributed by atoms with Gasteiger partial charge in [0.15, 0.2) is 0 Å². The fourth-order valence-electron chi connectivity index (χ4n) is 3.35. The van der Waals surface area contributed by atoms with Gasteiger partial charge in [-0.15, -0.1) is 0 Å². The lowest BCUT2D eigenvalue weighted by molar-refractivity contribution is 0.0705. The van der Waals surface area contributed by atoms with Gasteiger partial charge < -0.3 is 15.0 Å². The SMILES string of the molecule is CN(C)c1cc(CN(C)S(=O)(=O)N2CCOCC2)nc(C2CCCNC2)n1. The molecule has 1 atom stereocenters. The minimum Gasteiger partial charge on any atom is -0.379 e. The van der Waals surface area contributed by atoms with Crippen molar-refractivity contribution in [3.05, 3.63) is 17.6 Å². The van der Waals surface area contributed by atoms with Crippen LogP contribution in [0.25, 0.3) is 0 Å². The first kappa shape index (κ1) is 20.4. The number of piperidine rings is 1. The molecule has 27 heavy (non-hydrogen) atoms. The first-order chi connectivity index (χ1) is 12.9. The predicted octanol–water partition coefficient (Wildman–Crippen LogP) is 0.0184. The van der Waals surface area contributed by atoms with E-state index in [-0.39, 0.29) is 12.5 Å². The van der Waals surface area contributed by atoms with Gasteiger partial charge >= 0.3 is 0 Å². The fraction of sp³-hybridized carbons (Fsp3) is 0.765. The summed E-state index contributed by atoms with van der Waals surface area (Å²) in [5.74, 6) is 1.86. The average molecular weight is 399 g/mol. The standard InChI is InChI=1S/C17H30N6O3S/c1-21(2)16-11-15(19-17(20-16)14-5-4-6-18-12-14)13-22(3)27(24,25)23-7-9-26-10-8-23/h11,14,18H,4-10,12-13H2,1-3H3. The molecule has 0 radical (unpaired) electrons. The van der Waals surface area contributed by atoms with E-state index in [1.807, 2.05) is 25.1 Å². The number of nitrogens with one attached hydrogen (secondary N) is 1. The maximum atomic E-state index is 12.8. The molecule has 0 spiro atoms. The molecule has 0 aliphatic carbocycles. The Morgan fingerprint density at radius 1 is 1.26 bits per heavy atom. The molecule has 0 amide bonds. The van der Waals surface area contributed by atoms with Crippen molar-refractivity contribution >= 4 is 16.0 Å². The van der Waals surface area contributed by atoms with E-state index in [0.717, 1.165) is 37.6 Å². The quantitative estimate of drug-likeness (QED) is 0.722. The second-order valence-electron chi connectivity index (χ2n) is 7.29. The van der Waals surface area contributed by atoms with Gasteiger partial charge in [-0.2, -0.15) is 17.0 Å². The summed E-state index contributed by atoms with van der Waals surface area (Å²) in [7, 11) is 1.94. The van der Waals surface area contributed by atoms with Crippen molar-refractivity contribution in [2.45, 2.75) is 25.3 Å². The molecule has 3 heterocycles. The molecule has 2 fully saturated rings. The molecule has 2 aliphatic heterocycles. The Labute approximate surface area is 161 Å². The number of hydrogen-bond donors (Lipinski definition) is 1. The molecule has 2 saturated heterocycles. The Morgan fingerprint density at radius 2 is 2.00 bits per heavy atom. The van der Waals surface area contributed by atoms with Crippen molar-refractivity contribution in [1.82, 2.24) is 23.9 Å². The number of anilines is 1. The summed E-state index contributed by atoms with van der Waals surface area (Å²) in [5, 5.41) is 3.39. The third-order valence-electron chi connectivity index (χ3n) is 4.98. The lowest BCUT2D eigenvalue weighted by Gasteiger charge is -2.30. The van der Waals surface area contributed by atoms with Crippen LogP contribution >= 0.6 is 0 Å². The van der Waals surface area contributed by atoms with Crippen LogP contribution < -0.4 is 10.2 Å². The van der Waals surface area contributed by atoms with E-state index < -0.39 is 10.2 Å². The van der Waals surface area contributed by atoms with Crippen molar-refractivity contribution in [3.8, 4) is 0 Å². The summed E-state index contributed by atoms with van der Waals surface area (Å²) in [6.45, 7) is 3.75. The average Bonchev–Trinajstić information content (AvgIpc) is 2.69. The molecular formula is C17H30N6O3S. The first-order valence-electron chi connectivity index (χ1n) is 9.43. The van der Waals surface area contributed by atoms with Gasteiger partial charge in [0.1, 0.15) is 11.6 Å². The largest absolute Gasteiger partial charge is 0.379 e. The maximum absolute atomic E-state index is 12.8. The van der Waals surface area contributed by atoms with E-state index in [0.29, 0.717) is 32.0 Å². The summed E-state index contributed by atoms with van der Waals surface area (Å²) in [5.41, 5.74) is 0.716. The van der Waals surface area contributed by atoms with Crippen LogP contribution in [0.3, 0.4) is 0 Å². The van der Waals surface area contributed by atoms with Crippen LogP contribution in [0.2, 0.25) is 0 Å². The number of ether oxygens (including phenoxy) is 1. The van der Waals surface area contributed by atoms with Gasteiger partial charge in [-0.1, -0.05) is 0 Å². The van der Waals surface area contributed by atoms with Crippen LogP contribution in [0.4, 0.5) is 5.82 Å². The highest BCUT2D eigenvalue weighted by atomic mass is 32.2. The third kappa shape index (κ3) is 4.94. The molecule has 0 bridgehead atoms. The van der Waals surface area contributed by atoms with Crippen LogP contribution in [0.1, 0.15) is 30.3 Å². The normalized spacial score (nSPS) is 22.1. The van der Waals surface area contributed by atoms with E-state index in [1.165, 1.54) is 8.61 Å². The minimum atomic E-state index is -3.53. The topological polar surface area (TPSA) is 90.9 Å². The van der Waals surface area contributed by atoms with E-state index in [1.54, 1.807) is 7.05 Å². The van der Waals surface area contributed by atoms with Crippen molar-refractivity contribution in [2.24, 2.45) is 0 Å². The molecule has 1 N–H and O–H groups in total. The highest BCUT2D eigenvalue weighted by Gasteiger charge is 2.29. The number of nitrogens with zero attached hydrogens (tertiary/aromatic N) is 5. The molecule has 1 aromatic rings. The Kier molecular flexibility index (Phi) is 6.64. The van der Waals surface area contributed by atoms with Gasteiger partial charge in [-0.3, -0.25) is 0 Å². The summed E-state index contributed by atoms with van der Waals surface area (Å²) in [6, 6.07) is 1.87. The Hall–Kier alpha value is -1.33. The van der Waals surface area contributed by atoms with Gasteiger partial charge in [-0.25, -0.2) is 9.97 Å². The number of rotatable bonds is 6. The first-order valence-corrected chi connectivity index (χ1v) is 10.8. The summed E-state index contributed by atoms with van der Waals surface area (Å²) in [4.78, 5) is 11.3. The lowest BCUT2D eigenvalue weighted by atomic mass is 9.99. The molecule has 0 saturated carbocycles. The van der Waals surface area contributed by atoms with Gasteiger partial charge in [0.2, 0.25) is 0 Å². The number of aromatic nitrogens is 2. The molecule has 9 nitrogen and oxygen atoms in total. The second kappa shape index (κ2) is 8.78. The molecule has 3 rings (SSSR count). The van der Waals surface area contributed by atoms with E-state index in [4.69, 9.17) is 14.7 Å². The Bertz CT molecular complexity index is 730. The minimum absolute atomic E-state index is 0.218. The van der Waals surface area contributed by atoms with E-state index >= 15 is 0 Å². The van der Waals surface area contributed by atoms with Crippen LogP contribution in [-0.4, -0.2) is 87.5 Å². The highest BCUT2D eigenvalue weighted by molar-refractivity contribution is 7.86. The van der Waals surface area contributed by atoms with E-state index in [9.17, 15) is 8.42 Å².